The van der Waals surface area contributed by atoms with Gasteiger partial charge in [0.15, 0.2) is 0 Å². The molecule has 4 rings (SSSR count). The van der Waals surface area contributed by atoms with Crippen molar-refractivity contribution < 1.29 is 9.53 Å². The molecule has 1 aromatic heterocycles. The van der Waals surface area contributed by atoms with Gasteiger partial charge < -0.3 is 20.3 Å². The van der Waals surface area contributed by atoms with Gasteiger partial charge in [-0.25, -0.2) is 9.97 Å². The van der Waals surface area contributed by atoms with E-state index in [4.69, 9.17) is 9.72 Å². The van der Waals surface area contributed by atoms with E-state index in [-0.39, 0.29) is 5.91 Å². The molecule has 0 saturated heterocycles. The number of likely N-dealkylation sites (N-methyl/N-ethyl adjacent to an activating group) is 1. The van der Waals surface area contributed by atoms with Crippen LogP contribution in [0.1, 0.15) is 0 Å². The van der Waals surface area contributed by atoms with Gasteiger partial charge in [0.2, 0.25) is 11.9 Å². The molecule has 172 valence electrons. The minimum Gasteiger partial charge on any atom is -0.492 e. The van der Waals surface area contributed by atoms with Crippen molar-refractivity contribution in [1.29, 1.82) is 0 Å². The molecule has 0 aliphatic heterocycles. The number of para-hydroxylation sites is 1. The summed E-state index contributed by atoms with van der Waals surface area (Å²) in [5.41, 5.74) is 4.26. The van der Waals surface area contributed by atoms with E-state index < -0.39 is 0 Å². The van der Waals surface area contributed by atoms with Crippen molar-refractivity contribution in [2.45, 2.75) is 0 Å². The molecule has 1 heterocycles. The molecular weight excluding hydrogens is 426 g/mol. The predicted octanol–water partition coefficient (Wildman–Crippen LogP) is 5.11. The van der Waals surface area contributed by atoms with E-state index in [1.54, 1.807) is 6.20 Å². The van der Waals surface area contributed by atoms with E-state index in [0.717, 1.165) is 40.0 Å². The highest BCUT2D eigenvalue weighted by molar-refractivity contribution is 6.00. The second kappa shape index (κ2) is 10.6. The van der Waals surface area contributed by atoms with Crippen molar-refractivity contribution in [3.8, 4) is 16.9 Å². The molecule has 7 heteroatoms. The number of benzene rings is 3. The number of ether oxygens (including phenoxy) is 1. The maximum absolute atomic E-state index is 11.7. The number of nitrogens with zero attached hydrogens (tertiary/aromatic N) is 3. The van der Waals surface area contributed by atoms with Crippen LogP contribution in [0.4, 0.5) is 17.3 Å². The van der Waals surface area contributed by atoms with E-state index >= 15 is 0 Å². The maximum Gasteiger partial charge on any atom is 0.247 e. The molecule has 0 aliphatic rings. The van der Waals surface area contributed by atoms with Gasteiger partial charge in [0.1, 0.15) is 12.4 Å². The summed E-state index contributed by atoms with van der Waals surface area (Å²) in [5, 5.41) is 6.99. The quantitative estimate of drug-likeness (QED) is 0.343. The zero-order valence-electron chi connectivity index (χ0n) is 19.3. The first-order valence-electron chi connectivity index (χ1n) is 11.0. The number of carbonyl (C=O) groups is 1. The number of fused-ring (bicyclic) bond motifs is 1. The fraction of sp³-hybridized carbons (Fsp3) is 0.148. The van der Waals surface area contributed by atoms with E-state index in [2.05, 4.69) is 27.1 Å². The third kappa shape index (κ3) is 5.76. The summed E-state index contributed by atoms with van der Waals surface area (Å²) in [7, 11) is 4.03. The second-order valence-corrected chi connectivity index (χ2v) is 8.01. The van der Waals surface area contributed by atoms with Crippen LogP contribution in [0.2, 0.25) is 0 Å². The molecular formula is C27H27N5O2. The van der Waals surface area contributed by atoms with Gasteiger partial charge in [-0.15, -0.1) is 0 Å². The van der Waals surface area contributed by atoms with Crippen molar-refractivity contribution in [3.05, 3.63) is 85.6 Å². The highest BCUT2D eigenvalue weighted by Crippen LogP contribution is 2.30. The number of carbonyl (C=O) groups excluding carboxylic acids is 1. The highest BCUT2D eigenvalue weighted by atomic mass is 16.5. The van der Waals surface area contributed by atoms with Crippen LogP contribution in [0.5, 0.6) is 5.75 Å². The van der Waals surface area contributed by atoms with Gasteiger partial charge >= 0.3 is 0 Å². The lowest BCUT2D eigenvalue weighted by molar-refractivity contribution is -0.111. The molecule has 0 atom stereocenters. The Bertz CT molecular complexity index is 1300. The van der Waals surface area contributed by atoms with Crippen LogP contribution in [0.25, 0.3) is 22.0 Å². The number of hydrogen-bond acceptors (Lipinski definition) is 6. The van der Waals surface area contributed by atoms with Crippen molar-refractivity contribution in [1.82, 2.24) is 14.9 Å². The Morgan fingerprint density at radius 1 is 1.06 bits per heavy atom. The van der Waals surface area contributed by atoms with Crippen molar-refractivity contribution >= 4 is 34.1 Å². The van der Waals surface area contributed by atoms with E-state index in [0.29, 0.717) is 18.2 Å². The van der Waals surface area contributed by atoms with Gasteiger partial charge in [0.25, 0.3) is 0 Å². The molecule has 3 aromatic carbocycles. The largest absolute Gasteiger partial charge is 0.492 e. The van der Waals surface area contributed by atoms with E-state index in [1.165, 1.54) is 6.08 Å². The van der Waals surface area contributed by atoms with Gasteiger partial charge in [0, 0.05) is 35.1 Å². The molecule has 4 aromatic rings. The Balaban J connectivity index is 1.56. The Labute approximate surface area is 199 Å². The van der Waals surface area contributed by atoms with E-state index in [1.807, 2.05) is 80.8 Å². The Morgan fingerprint density at radius 2 is 1.85 bits per heavy atom. The summed E-state index contributed by atoms with van der Waals surface area (Å²) in [6, 6.07) is 21.3. The minimum absolute atomic E-state index is 0.252. The third-order valence-corrected chi connectivity index (χ3v) is 5.16. The normalized spacial score (nSPS) is 10.8. The smallest absolute Gasteiger partial charge is 0.247 e. The molecule has 0 fully saturated rings. The van der Waals surface area contributed by atoms with Crippen molar-refractivity contribution in [3.63, 3.8) is 0 Å². The maximum atomic E-state index is 11.7. The zero-order chi connectivity index (χ0) is 23.9. The van der Waals surface area contributed by atoms with Gasteiger partial charge in [-0.1, -0.05) is 36.9 Å². The summed E-state index contributed by atoms with van der Waals surface area (Å²) in [5.74, 6) is 1.06. The van der Waals surface area contributed by atoms with Gasteiger partial charge in [0.05, 0.1) is 5.52 Å². The number of aromatic nitrogens is 2. The number of amides is 1. The number of rotatable bonds is 9. The fourth-order valence-corrected chi connectivity index (χ4v) is 3.42. The molecule has 0 bridgehead atoms. The molecule has 2 N–H and O–H groups in total. The van der Waals surface area contributed by atoms with Crippen LogP contribution in [0, 0.1) is 0 Å². The molecule has 0 aliphatic carbocycles. The molecule has 0 spiro atoms. The zero-order valence-corrected chi connectivity index (χ0v) is 19.3. The average Bonchev–Trinajstić information content (AvgIpc) is 2.84. The summed E-state index contributed by atoms with van der Waals surface area (Å²) in [6.45, 7) is 4.99. The number of hydrogen-bond donors (Lipinski definition) is 2. The number of anilines is 3. The predicted molar refractivity (Wildman–Crippen MR) is 138 cm³/mol. The minimum atomic E-state index is -0.252. The van der Waals surface area contributed by atoms with Crippen LogP contribution < -0.4 is 15.4 Å². The van der Waals surface area contributed by atoms with Crippen molar-refractivity contribution in [2.75, 3.05) is 37.9 Å². The molecule has 7 nitrogen and oxygen atoms in total. The standard InChI is InChI=1S/C27H27N5O2/c1-4-25(33)29-22-9-5-7-19(17-22)24-10-6-8-20-18-28-27(31-26(20)24)30-21-11-13-23(14-12-21)34-16-15-32(2)3/h4-14,17-18H,1,15-16H2,2-3H3,(H,29,33)(H,28,30,31). The SMILES string of the molecule is C=CC(=O)Nc1cccc(-c2cccc3cnc(Nc4ccc(OCCN(C)C)cc4)nc23)c1. The van der Waals surface area contributed by atoms with Gasteiger partial charge in [-0.2, -0.15) is 0 Å². The molecule has 0 radical (unpaired) electrons. The van der Waals surface area contributed by atoms with Crippen LogP contribution in [0.3, 0.4) is 0 Å². The van der Waals surface area contributed by atoms with Gasteiger partial charge in [-0.05, 0) is 62.1 Å². The molecule has 0 unspecified atom stereocenters. The summed E-state index contributed by atoms with van der Waals surface area (Å²) in [4.78, 5) is 23.0. The Kier molecular flexibility index (Phi) is 7.15. The Morgan fingerprint density at radius 3 is 2.62 bits per heavy atom. The first kappa shape index (κ1) is 22.9. The lowest BCUT2D eigenvalue weighted by Gasteiger charge is -2.12. The Hall–Kier alpha value is -4.23. The van der Waals surface area contributed by atoms with Crippen LogP contribution in [0.15, 0.2) is 85.6 Å². The van der Waals surface area contributed by atoms with Crippen molar-refractivity contribution in [2.24, 2.45) is 0 Å². The molecule has 34 heavy (non-hydrogen) atoms. The summed E-state index contributed by atoms with van der Waals surface area (Å²) in [6.07, 6.45) is 3.05. The summed E-state index contributed by atoms with van der Waals surface area (Å²) < 4.78 is 5.75. The monoisotopic (exact) mass is 453 g/mol. The van der Waals surface area contributed by atoms with Crippen LogP contribution in [-0.2, 0) is 4.79 Å². The third-order valence-electron chi connectivity index (χ3n) is 5.16. The second-order valence-electron chi connectivity index (χ2n) is 8.01. The lowest BCUT2D eigenvalue weighted by Crippen LogP contribution is -2.19. The first-order valence-corrected chi connectivity index (χ1v) is 11.0. The summed E-state index contributed by atoms with van der Waals surface area (Å²) >= 11 is 0. The van der Waals surface area contributed by atoms with E-state index in [9.17, 15) is 4.79 Å². The molecule has 1 amide bonds. The molecule has 0 saturated carbocycles. The lowest BCUT2D eigenvalue weighted by atomic mass is 10.0. The van der Waals surface area contributed by atoms with Crippen LogP contribution >= 0.6 is 0 Å². The van der Waals surface area contributed by atoms with Crippen LogP contribution in [-0.4, -0.2) is 48.0 Å². The average molecular weight is 454 g/mol. The number of nitrogens with one attached hydrogen (secondary N) is 2. The topological polar surface area (TPSA) is 79.4 Å². The first-order chi connectivity index (χ1) is 16.5. The van der Waals surface area contributed by atoms with Gasteiger partial charge in [-0.3, -0.25) is 4.79 Å². The fourth-order valence-electron chi connectivity index (χ4n) is 3.42. The highest BCUT2D eigenvalue weighted by Gasteiger charge is 2.09.